The molecule has 1 aliphatic heterocycles. The van der Waals surface area contributed by atoms with Gasteiger partial charge in [0.1, 0.15) is 12.2 Å². The van der Waals surface area contributed by atoms with Crippen molar-refractivity contribution in [2.75, 3.05) is 7.11 Å². The van der Waals surface area contributed by atoms with Gasteiger partial charge in [-0.25, -0.2) is 4.79 Å². The number of hydrogen-bond acceptors (Lipinski definition) is 5. The predicted molar refractivity (Wildman–Crippen MR) is 132 cm³/mol. The van der Waals surface area contributed by atoms with Gasteiger partial charge in [-0.05, 0) is 54.3 Å². The lowest BCUT2D eigenvalue weighted by molar-refractivity contribution is -0.131. The van der Waals surface area contributed by atoms with Gasteiger partial charge < -0.3 is 9.47 Å². The van der Waals surface area contributed by atoms with Crippen LogP contribution in [0, 0.1) is 0 Å². The third-order valence-corrected chi connectivity index (χ3v) is 7.21. The Morgan fingerprint density at radius 2 is 1.82 bits per heavy atom. The van der Waals surface area contributed by atoms with Crippen molar-refractivity contribution in [3.63, 3.8) is 0 Å². The van der Waals surface area contributed by atoms with E-state index in [1.807, 2.05) is 0 Å². The number of nitrogens with zero attached hydrogens (tertiary/aromatic N) is 1. The van der Waals surface area contributed by atoms with Crippen LogP contribution in [0.25, 0.3) is 6.08 Å². The first-order valence-corrected chi connectivity index (χ1v) is 12.2. The second-order valence-electron chi connectivity index (χ2n) is 7.99. The lowest BCUT2D eigenvalue weighted by atomic mass is 10.0. The molecule has 0 spiro atoms. The molecule has 4 amide bonds. The van der Waals surface area contributed by atoms with Gasteiger partial charge in [0.25, 0.3) is 11.8 Å². The second kappa shape index (κ2) is 10.4. The number of halogens is 3. The lowest BCUT2D eigenvalue weighted by Gasteiger charge is -2.31. The molecule has 1 heterocycles. The first-order valence-electron chi connectivity index (χ1n) is 10.6. The summed E-state index contributed by atoms with van der Waals surface area (Å²) < 4.78 is 11.9. The first-order chi connectivity index (χ1) is 16.3. The van der Waals surface area contributed by atoms with Crippen LogP contribution in [0.15, 0.2) is 40.4 Å². The average Bonchev–Trinajstić information content (AvgIpc) is 3.32. The fourth-order valence-corrected chi connectivity index (χ4v) is 4.80. The van der Waals surface area contributed by atoms with E-state index >= 15 is 0 Å². The normalized spacial score (nSPS) is 17.9. The lowest BCUT2D eigenvalue weighted by Crippen LogP contribution is -2.57. The number of methoxy groups -OCH3 is 1. The fraction of sp³-hybridized carbons (Fsp3) is 0.292. The molecular weight excluding hydrogens is 547 g/mol. The van der Waals surface area contributed by atoms with Crippen molar-refractivity contribution in [3.05, 3.63) is 61.5 Å². The summed E-state index contributed by atoms with van der Waals surface area (Å²) in [5, 5.41) is 3.17. The van der Waals surface area contributed by atoms with Crippen molar-refractivity contribution >= 4 is 63.1 Å². The highest BCUT2D eigenvalue weighted by Gasteiger charge is 2.40. The largest absolute Gasteiger partial charge is 0.493 e. The minimum atomic E-state index is -0.727. The fourth-order valence-electron chi connectivity index (χ4n) is 4.04. The quantitative estimate of drug-likeness (QED) is 0.355. The zero-order valence-corrected chi connectivity index (χ0v) is 21.3. The number of benzene rings is 2. The molecule has 0 atom stereocenters. The Bertz CT molecular complexity index is 1190. The molecule has 0 radical (unpaired) electrons. The summed E-state index contributed by atoms with van der Waals surface area (Å²) >= 11 is 15.5. The van der Waals surface area contributed by atoms with Crippen LogP contribution < -0.4 is 14.8 Å². The van der Waals surface area contributed by atoms with E-state index < -0.39 is 17.8 Å². The maximum absolute atomic E-state index is 13.1. The van der Waals surface area contributed by atoms with Crippen LogP contribution in [0.2, 0.25) is 10.0 Å². The molecule has 0 bridgehead atoms. The highest BCUT2D eigenvalue weighted by Crippen LogP contribution is 2.36. The van der Waals surface area contributed by atoms with Gasteiger partial charge in [0.2, 0.25) is 0 Å². The molecule has 10 heteroatoms. The molecule has 178 valence electrons. The Balaban J connectivity index is 1.60. The zero-order chi connectivity index (χ0) is 24.4. The molecule has 34 heavy (non-hydrogen) atoms. The summed E-state index contributed by atoms with van der Waals surface area (Å²) in [4.78, 5) is 39.0. The van der Waals surface area contributed by atoms with Gasteiger partial charge in [-0.15, -0.1) is 0 Å². The zero-order valence-electron chi connectivity index (χ0n) is 18.2. The number of ether oxygens (including phenoxy) is 2. The number of nitrogens with one attached hydrogen (secondary N) is 1. The van der Waals surface area contributed by atoms with E-state index in [0.717, 1.165) is 31.2 Å². The van der Waals surface area contributed by atoms with Crippen molar-refractivity contribution in [2.45, 2.75) is 38.3 Å². The molecule has 0 aromatic heterocycles. The van der Waals surface area contributed by atoms with E-state index in [0.29, 0.717) is 31.6 Å². The number of hydrogen-bond donors (Lipinski definition) is 1. The third kappa shape index (κ3) is 5.09. The molecule has 0 unspecified atom stereocenters. The Kier molecular flexibility index (Phi) is 7.50. The topological polar surface area (TPSA) is 84.9 Å². The van der Waals surface area contributed by atoms with Gasteiger partial charge in [-0.1, -0.05) is 58.0 Å². The van der Waals surface area contributed by atoms with Gasteiger partial charge >= 0.3 is 6.03 Å². The SMILES string of the molecule is COc1cc(/C=C2\C(=O)NC(=O)N(C3CCCC3)C2=O)c(Br)cc1OCc1ccc(Cl)c(Cl)c1. The van der Waals surface area contributed by atoms with E-state index in [-0.39, 0.29) is 18.2 Å². The molecule has 2 aromatic carbocycles. The van der Waals surface area contributed by atoms with E-state index in [9.17, 15) is 14.4 Å². The Morgan fingerprint density at radius 3 is 2.50 bits per heavy atom. The Hall–Kier alpha value is -2.55. The van der Waals surface area contributed by atoms with Gasteiger partial charge in [0.15, 0.2) is 11.5 Å². The highest BCUT2D eigenvalue weighted by molar-refractivity contribution is 9.10. The van der Waals surface area contributed by atoms with Crippen molar-refractivity contribution in [1.82, 2.24) is 10.2 Å². The predicted octanol–water partition coefficient (Wildman–Crippen LogP) is 5.75. The summed E-state index contributed by atoms with van der Waals surface area (Å²) in [6.45, 7) is 0.222. The molecule has 2 aliphatic rings. The van der Waals surface area contributed by atoms with Crippen molar-refractivity contribution < 1.29 is 23.9 Å². The number of barbiturate groups is 1. The second-order valence-corrected chi connectivity index (χ2v) is 9.66. The van der Waals surface area contributed by atoms with Gasteiger partial charge in [0.05, 0.1) is 17.2 Å². The van der Waals surface area contributed by atoms with Crippen LogP contribution in [0.4, 0.5) is 4.79 Å². The number of imide groups is 2. The summed E-state index contributed by atoms with van der Waals surface area (Å²) in [5.41, 5.74) is 1.23. The maximum atomic E-state index is 13.1. The number of carbonyl (C=O) groups excluding carboxylic acids is 3. The van der Waals surface area contributed by atoms with E-state index in [2.05, 4.69) is 21.2 Å². The van der Waals surface area contributed by atoms with Crippen molar-refractivity contribution in [1.29, 1.82) is 0 Å². The van der Waals surface area contributed by atoms with Crippen LogP contribution in [-0.2, 0) is 16.2 Å². The molecule has 4 rings (SSSR count). The summed E-state index contributed by atoms with van der Waals surface area (Å²) in [6, 6.07) is 7.69. The van der Waals surface area contributed by atoms with Crippen LogP contribution >= 0.6 is 39.1 Å². The van der Waals surface area contributed by atoms with Crippen LogP contribution in [0.3, 0.4) is 0 Å². The molecule has 2 fully saturated rings. The third-order valence-electron chi connectivity index (χ3n) is 5.78. The van der Waals surface area contributed by atoms with E-state index in [4.69, 9.17) is 32.7 Å². The van der Waals surface area contributed by atoms with Gasteiger partial charge in [0, 0.05) is 10.5 Å². The number of urea groups is 1. The maximum Gasteiger partial charge on any atom is 0.331 e. The molecule has 1 N–H and O–H groups in total. The van der Waals surface area contributed by atoms with Crippen molar-refractivity contribution in [2.24, 2.45) is 0 Å². The van der Waals surface area contributed by atoms with Crippen molar-refractivity contribution in [3.8, 4) is 11.5 Å². The summed E-state index contributed by atoms with van der Waals surface area (Å²) in [5.74, 6) is -0.464. The molecule has 7 nitrogen and oxygen atoms in total. The Morgan fingerprint density at radius 1 is 1.09 bits per heavy atom. The number of carbonyl (C=O) groups is 3. The average molecular weight is 568 g/mol. The van der Waals surface area contributed by atoms with E-state index in [1.54, 1.807) is 30.3 Å². The van der Waals surface area contributed by atoms with Crippen LogP contribution in [0.5, 0.6) is 11.5 Å². The monoisotopic (exact) mass is 566 g/mol. The summed E-state index contributed by atoms with van der Waals surface area (Å²) in [6.07, 6.45) is 4.82. The van der Waals surface area contributed by atoms with E-state index in [1.165, 1.54) is 18.1 Å². The minimum Gasteiger partial charge on any atom is -0.493 e. The molecule has 1 saturated carbocycles. The molecule has 1 aliphatic carbocycles. The van der Waals surface area contributed by atoms with Crippen LogP contribution in [-0.4, -0.2) is 35.9 Å². The highest BCUT2D eigenvalue weighted by atomic mass is 79.9. The Labute approximate surface area is 215 Å². The summed E-state index contributed by atoms with van der Waals surface area (Å²) in [7, 11) is 1.49. The van der Waals surface area contributed by atoms with Gasteiger partial charge in [-0.3, -0.25) is 19.8 Å². The minimum absolute atomic E-state index is 0.112. The first kappa shape index (κ1) is 24.6. The number of amides is 4. The number of rotatable bonds is 6. The molecule has 1 saturated heterocycles. The van der Waals surface area contributed by atoms with Gasteiger partial charge in [-0.2, -0.15) is 0 Å². The molecule has 2 aromatic rings. The standard InChI is InChI=1S/C24H21BrCl2N2O5/c1-33-20-10-14(17(25)11-21(20)34-12-13-6-7-18(26)19(27)8-13)9-16-22(30)28-24(32)29(23(16)31)15-4-2-3-5-15/h6-11,15H,2-5,12H2,1H3,(H,28,30,32)/b16-9+. The van der Waals surface area contributed by atoms with Crippen LogP contribution in [0.1, 0.15) is 36.8 Å². The molecular formula is C24H21BrCl2N2O5. The smallest absolute Gasteiger partial charge is 0.331 e.